The second-order valence-electron chi connectivity index (χ2n) is 6.74. The Bertz CT molecular complexity index is 655. The van der Waals surface area contributed by atoms with E-state index in [1.807, 2.05) is 18.2 Å². The maximum atomic E-state index is 12.3. The number of carbonyl (C=O) groups is 2. The molecule has 0 unspecified atom stereocenters. The van der Waals surface area contributed by atoms with Crippen molar-refractivity contribution in [3.05, 3.63) is 23.8 Å². The van der Waals surface area contributed by atoms with Crippen molar-refractivity contribution in [2.45, 2.75) is 63.4 Å². The number of hydrogen-bond donors (Lipinski definition) is 2. The van der Waals surface area contributed by atoms with Crippen LogP contribution < -0.4 is 14.8 Å². The Labute approximate surface area is 152 Å². The van der Waals surface area contributed by atoms with Crippen LogP contribution in [0.15, 0.2) is 18.2 Å². The van der Waals surface area contributed by atoms with E-state index in [-0.39, 0.29) is 12.0 Å². The number of hydrogen-bond acceptors (Lipinski definition) is 5. The van der Waals surface area contributed by atoms with Gasteiger partial charge in [0.25, 0.3) is 0 Å². The monoisotopic (exact) mass is 363 g/mol. The molecule has 0 bridgehead atoms. The summed E-state index contributed by atoms with van der Waals surface area (Å²) < 4.78 is 16.7. The number of carboxylic acids is 1. The van der Waals surface area contributed by atoms with Gasteiger partial charge in [0.05, 0.1) is 13.2 Å². The van der Waals surface area contributed by atoms with Gasteiger partial charge in [0.15, 0.2) is 6.10 Å². The van der Waals surface area contributed by atoms with Gasteiger partial charge in [0.2, 0.25) is 5.91 Å². The summed E-state index contributed by atoms with van der Waals surface area (Å²) in [6.07, 6.45) is 3.77. The number of carbonyl (C=O) groups excluding carboxylic acids is 1. The molecular weight excluding hydrogens is 338 g/mol. The molecule has 1 aliphatic carbocycles. The van der Waals surface area contributed by atoms with E-state index < -0.39 is 18.2 Å². The average molecular weight is 363 g/mol. The van der Waals surface area contributed by atoms with E-state index in [0.29, 0.717) is 30.9 Å². The van der Waals surface area contributed by atoms with E-state index in [1.165, 1.54) is 12.8 Å². The van der Waals surface area contributed by atoms with Crippen LogP contribution in [0.1, 0.15) is 44.1 Å². The number of aliphatic carboxylic acids is 1. The van der Waals surface area contributed by atoms with Gasteiger partial charge in [-0.25, -0.2) is 4.79 Å². The van der Waals surface area contributed by atoms with E-state index in [9.17, 15) is 9.59 Å². The first-order valence-electron chi connectivity index (χ1n) is 9.06. The molecule has 2 fully saturated rings. The van der Waals surface area contributed by atoms with Gasteiger partial charge in [-0.2, -0.15) is 0 Å². The van der Waals surface area contributed by atoms with Crippen molar-refractivity contribution < 1.29 is 28.9 Å². The first-order chi connectivity index (χ1) is 12.6. The third kappa shape index (κ3) is 4.46. The molecule has 3 rings (SSSR count). The van der Waals surface area contributed by atoms with Crippen LogP contribution in [0.3, 0.4) is 0 Å². The van der Waals surface area contributed by atoms with Crippen LogP contribution in [0.25, 0.3) is 0 Å². The minimum absolute atomic E-state index is 0.200. The second kappa shape index (κ2) is 8.40. The van der Waals surface area contributed by atoms with Crippen molar-refractivity contribution in [2.24, 2.45) is 0 Å². The predicted molar refractivity (Wildman–Crippen MR) is 93.3 cm³/mol. The van der Waals surface area contributed by atoms with E-state index in [4.69, 9.17) is 19.3 Å². The molecule has 0 aromatic heterocycles. The molecule has 1 saturated carbocycles. The molecule has 2 atom stereocenters. The predicted octanol–water partition coefficient (Wildman–Crippen LogP) is 2.26. The number of benzene rings is 1. The number of carboxylic acid groups (broad SMARTS) is 1. The zero-order valence-electron chi connectivity index (χ0n) is 14.9. The lowest BCUT2D eigenvalue weighted by Gasteiger charge is -2.18. The molecule has 2 N–H and O–H groups in total. The Morgan fingerprint density at radius 2 is 1.92 bits per heavy atom. The van der Waals surface area contributed by atoms with Gasteiger partial charge in [-0.3, -0.25) is 4.79 Å². The Morgan fingerprint density at radius 1 is 1.19 bits per heavy atom. The third-order valence-corrected chi connectivity index (χ3v) is 4.91. The fourth-order valence-electron chi connectivity index (χ4n) is 3.41. The summed E-state index contributed by atoms with van der Waals surface area (Å²) in [4.78, 5) is 23.2. The van der Waals surface area contributed by atoms with Gasteiger partial charge in [-0.1, -0.05) is 0 Å². The van der Waals surface area contributed by atoms with Crippen LogP contribution in [0, 0.1) is 0 Å². The molecule has 1 aromatic carbocycles. The quantitative estimate of drug-likeness (QED) is 0.772. The number of rotatable bonds is 7. The average Bonchev–Trinajstić information content (AvgIpc) is 3.32. The SMILES string of the molecule is COc1ccc(CNC(=O)[C@@H]2CC[C@H](C(=O)O)O2)c(OC2CCCC2)c1. The first-order valence-corrected chi connectivity index (χ1v) is 9.06. The van der Waals surface area contributed by atoms with Crippen LogP contribution in [0.2, 0.25) is 0 Å². The van der Waals surface area contributed by atoms with Crippen LogP contribution in [0.4, 0.5) is 0 Å². The minimum Gasteiger partial charge on any atom is -0.497 e. The summed E-state index contributed by atoms with van der Waals surface area (Å²) in [5, 5.41) is 11.8. The fraction of sp³-hybridized carbons (Fsp3) is 0.579. The van der Waals surface area contributed by atoms with Crippen molar-refractivity contribution in [1.82, 2.24) is 5.32 Å². The lowest BCUT2D eigenvalue weighted by Crippen LogP contribution is -2.35. The largest absolute Gasteiger partial charge is 0.497 e. The summed E-state index contributed by atoms with van der Waals surface area (Å²) in [6, 6.07) is 5.54. The lowest BCUT2D eigenvalue weighted by molar-refractivity contribution is -0.151. The summed E-state index contributed by atoms with van der Waals surface area (Å²) >= 11 is 0. The lowest BCUT2D eigenvalue weighted by atomic mass is 10.1. The molecule has 142 valence electrons. The molecule has 0 radical (unpaired) electrons. The Morgan fingerprint density at radius 3 is 2.58 bits per heavy atom. The highest BCUT2D eigenvalue weighted by Crippen LogP contribution is 2.30. The number of amides is 1. The van der Waals surface area contributed by atoms with Crippen molar-refractivity contribution in [2.75, 3.05) is 7.11 Å². The highest BCUT2D eigenvalue weighted by molar-refractivity contribution is 5.82. The van der Waals surface area contributed by atoms with E-state index in [0.717, 1.165) is 18.4 Å². The van der Waals surface area contributed by atoms with Gasteiger partial charge >= 0.3 is 5.97 Å². The van der Waals surface area contributed by atoms with Crippen LogP contribution in [-0.4, -0.2) is 42.4 Å². The van der Waals surface area contributed by atoms with Crippen molar-refractivity contribution in [1.29, 1.82) is 0 Å². The minimum atomic E-state index is -1.03. The van der Waals surface area contributed by atoms with E-state index in [2.05, 4.69) is 5.32 Å². The smallest absolute Gasteiger partial charge is 0.332 e. The summed E-state index contributed by atoms with van der Waals surface area (Å²) in [5.74, 6) is 0.0999. The normalized spacial score (nSPS) is 23.0. The first kappa shape index (κ1) is 18.5. The van der Waals surface area contributed by atoms with Gasteiger partial charge in [0.1, 0.15) is 17.6 Å². The molecule has 26 heavy (non-hydrogen) atoms. The van der Waals surface area contributed by atoms with Gasteiger partial charge in [0, 0.05) is 18.2 Å². The zero-order chi connectivity index (χ0) is 18.5. The third-order valence-electron chi connectivity index (χ3n) is 4.91. The zero-order valence-corrected chi connectivity index (χ0v) is 14.9. The van der Waals surface area contributed by atoms with Crippen LogP contribution in [-0.2, 0) is 20.9 Å². The van der Waals surface area contributed by atoms with E-state index >= 15 is 0 Å². The van der Waals surface area contributed by atoms with Gasteiger partial charge in [-0.15, -0.1) is 0 Å². The molecule has 0 spiro atoms. The number of nitrogens with one attached hydrogen (secondary N) is 1. The highest BCUT2D eigenvalue weighted by atomic mass is 16.5. The summed E-state index contributed by atoms with van der Waals surface area (Å²) in [6.45, 7) is 0.294. The topological polar surface area (TPSA) is 94.1 Å². The summed E-state index contributed by atoms with van der Waals surface area (Å²) in [7, 11) is 1.60. The molecule has 1 aliphatic heterocycles. The van der Waals surface area contributed by atoms with Crippen molar-refractivity contribution in [3.63, 3.8) is 0 Å². The second-order valence-corrected chi connectivity index (χ2v) is 6.74. The molecule has 1 saturated heterocycles. The van der Waals surface area contributed by atoms with Crippen LogP contribution in [0.5, 0.6) is 11.5 Å². The molecule has 1 heterocycles. The van der Waals surface area contributed by atoms with Gasteiger partial charge in [-0.05, 0) is 50.7 Å². The standard InChI is InChI=1S/C19H25NO6/c1-24-14-7-6-12(17(10-14)25-13-4-2-3-5-13)11-20-18(21)15-8-9-16(26-15)19(22)23/h6-7,10,13,15-16H,2-5,8-9,11H2,1H3,(H,20,21)(H,22,23)/t15-,16+/m0/s1. The molecule has 2 aliphatic rings. The molecule has 1 amide bonds. The molecule has 7 nitrogen and oxygen atoms in total. The Hall–Kier alpha value is -2.28. The Balaban J connectivity index is 1.61. The number of ether oxygens (including phenoxy) is 3. The summed E-state index contributed by atoms with van der Waals surface area (Å²) in [5.41, 5.74) is 0.860. The molecule has 7 heteroatoms. The van der Waals surface area contributed by atoms with Crippen molar-refractivity contribution in [3.8, 4) is 11.5 Å². The highest BCUT2D eigenvalue weighted by Gasteiger charge is 2.34. The maximum absolute atomic E-state index is 12.3. The molecular formula is C19H25NO6. The van der Waals surface area contributed by atoms with Gasteiger partial charge < -0.3 is 24.6 Å². The Kier molecular flexibility index (Phi) is 5.98. The molecule has 1 aromatic rings. The van der Waals surface area contributed by atoms with Crippen molar-refractivity contribution >= 4 is 11.9 Å². The fourth-order valence-corrected chi connectivity index (χ4v) is 3.41. The maximum Gasteiger partial charge on any atom is 0.332 e. The van der Waals surface area contributed by atoms with Crippen LogP contribution >= 0.6 is 0 Å². The number of methoxy groups -OCH3 is 1. The van der Waals surface area contributed by atoms with E-state index in [1.54, 1.807) is 7.11 Å².